The van der Waals surface area contributed by atoms with Gasteiger partial charge in [-0.05, 0) is 84.1 Å². The van der Waals surface area contributed by atoms with E-state index in [-0.39, 0.29) is 11.7 Å². The zero-order chi connectivity index (χ0) is 19.2. The predicted octanol–water partition coefficient (Wildman–Crippen LogP) is 4.80. The van der Waals surface area contributed by atoms with E-state index in [4.69, 9.17) is 4.74 Å². The molecule has 0 saturated heterocycles. The number of rotatable bonds is 6. The molecule has 0 radical (unpaired) electrons. The number of aromatic nitrogens is 2. The molecule has 0 aliphatic rings. The number of hydrogen-bond donors (Lipinski definition) is 1. The minimum Gasteiger partial charge on any atom is -0.497 e. The number of anilines is 1. The van der Waals surface area contributed by atoms with Crippen LogP contribution in [0.15, 0.2) is 59.8 Å². The molecule has 1 amide bonds. The second-order valence-electron chi connectivity index (χ2n) is 5.75. The lowest BCUT2D eigenvalue weighted by Gasteiger charge is -2.08. The van der Waals surface area contributed by atoms with Crippen molar-refractivity contribution in [1.29, 1.82) is 0 Å². The van der Waals surface area contributed by atoms with Gasteiger partial charge in [0.2, 0.25) is 5.91 Å². The minimum atomic E-state index is -0.0858. The van der Waals surface area contributed by atoms with Gasteiger partial charge in [0.05, 0.1) is 18.6 Å². The third-order valence-corrected chi connectivity index (χ3v) is 5.25. The largest absolute Gasteiger partial charge is 0.497 e. The van der Waals surface area contributed by atoms with Crippen molar-refractivity contribution in [3.63, 3.8) is 0 Å². The molecule has 0 bridgehead atoms. The lowest BCUT2D eigenvalue weighted by Crippen LogP contribution is -2.14. The molecule has 0 unspecified atom stereocenters. The number of carbonyl (C=O) groups excluding carboxylic acids is 1. The summed E-state index contributed by atoms with van der Waals surface area (Å²) < 4.78 is 6.32. The summed E-state index contributed by atoms with van der Waals surface area (Å²) in [6.45, 7) is 1.92. The van der Waals surface area contributed by atoms with Crippen LogP contribution >= 0.6 is 34.4 Å². The van der Waals surface area contributed by atoms with Crippen LogP contribution in [0, 0.1) is 10.5 Å². The van der Waals surface area contributed by atoms with E-state index >= 15 is 0 Å². The average molecular weight is 491 g/mol. The Kier molecular flexibility index (Phi) is 6.68. The van der Waals surface area contributed by atoms with Crippen LogP contribution in [0.1, 0.15) is 5.69 Å². The highest BCUT2D eigenvalue weighted by Crippen LogP contribution is 2.24. The third kappa shape index (κ3) is 5.67. The Labute approximate surface area is 176 Å². The summed E-state index contributed by atoms with van der Waals surface area (Å²) >= 11 is 3.55. The molecule has 2 aromatic carbocycles. The maximum atomic E-state index is 12.2. The first-order valence-corrected chi connectivity index (χ1v) is 10.3. The second kappa shape index (κ2) is 9.18. The van der Waals surface area contributed by atoms with E-state index in [0.29, 0.717) is 5.16 Å². The summed E-state index contributed by atoms with van der Waals surface area (Å²) in [6.07, 6.45) is 0. The summed E-state index contributed by atoms with van der Waals surface area (Å²) in [6, 6.07) is 17.3. The van der Waals surface area contributed by atoms with Gasteiger partial charge in [-0.15, -0.1) is 0 Å². The van der Waals surface area contributed by atoms with Crippen molar-refractivity contribution < 1.29 is 9.53 Å². The first-order chi connectivity index (χ1) is 13.0. The number of aryl methyl sites for hydroxylation is 1. The first-order valence-electron chi connectivity index (χ1n) is 8.22. The Hall–Kier alpha value is -2.13. The molecule has 7 heteroatoms. The van der Waals surface area contributed by atoms with Gasteiger partial charge in [-0.1, -0.05) is 11.8 Å². The molecule has 3 rings (SSSR count). The van der Waals surface area contributed by atoms with E-state index in [2.05, 4.69) is 37.9 Å². The van der Waals surface area contributed by atoms with Crippen molar-refractivity contribution in [2.75, 3.05) is 18.2 Å². The van der Waals surface area contributed by atoms with E-state index in [0.717, 1.165) is 32.0 Å². The smallest absolute Gasteiger partial charge is 0.234 e. The highest BCUT2D eigenvalue weighted by Gasteiger charge is 2.09. The van der Waals surface area contributed by atoms with Crippen LogP contribution in [0.25, 0.3) is 11.3 Å². The second-order valence-corrected chi connectivity index (χ2v) is 7.94. The van der Waals surface area contributed by atoms with Crippen molar-refractivity contribution in [1.82, 2.24) is 9.97 Å². The molecule has 138 valence electrons. The standard InChI is InChI=1S/C20H18IN3O2S/c1-13-11-18(14-3-9-17(26-2)10-4-14)24-20(22-13)27-12-19(25)23-16-7-5-15(21)6-8-16/h3-11H,12H2,1-2H3,(H,23,25). The maximum Gasteiger partial charge on any atom is 0.234 e. The van der Waals surface area contributed by atoms with Crippen LogP contribution in [0.3, 0.4) is 0 Å². The van der Waals surface area contributed by atoms with E-state index < -0.39 is 0 Å². The Morgan fingerprint density at radius 2 is 1.81 bits per heavy atom. The number of nitrogens with one attached hydrogen (secondary N) is 1. The lowest BCUT2D eigenvalue weighted by atomic mass is 10.1. The molecule has 1 heterocycles. The van der Waals surface area contributed by atoms with Gasteiger partial charge in [-0.2, -0.15) is 0 Å². The molecule has 0 saturated carbocycles. The number of amides is 1. The fourth-order valence-electron chi connectivity index (χ4n) is 2.38. The molecule has 27 heavy (non-hydrogen) atoms. The molecule has 0 fully saturated rings. The Morgan fingerprint density at radius 1 is 1.11 bits per heavy atom. The summed E-state index contributed by atoms with van der Waals surface area (Å²) in [5.41, 5.74) is 3.44. The molecule has 1 aromatic heterocycles. The van der Waals surface area contributed by atoms with Gasteiger partial charge < -0.3 is 10.1 Å². The van der Waals surface area contributed by atoms with Crippen LogP contribution in [0.2, 0.25) is 0 Å². The van der Waals surface area contributed by atoms with Crippen molar-refractivity contribution in [2.24, 2.45) is 0 Å². The molecular formula is C20H18IN3O2S. The van der Waals surface area contributed by atoms with E-state index in [9.17, 15) is 4.79 Å². The molecule has 5 nitrogen and oxygen atoms in total. The summed E-state index contributed by atoms with van der Waals surface area (Å²) in [5.74, 6) is 0.959. The van der Waals surface area contributed by atoms with Crippen LogP contribution < -0.4 is 10.1 Å². The van der Waals surface area contributed by atoms with Crippen molar-refractivity contribution in [3.8, 4) is 17.0 Å². The Balaban J connectivity index is 1.66. The molecule has 0 aliphatic heterocycles. The number of hydrogen-bond acceptors (Lipinski definition) is 5. The van der Waals surface area contributed by atoms with E-state index in [1.54, 1.807) is 7.11 Å². The van der Waals surface area contributed by atoms with Gasteiger partial charge in [0.1, 0.15) is 5.75 Å². The molecule has 0 aliphatic carbocycles. The Bertz CT molecular complexity index is 931. The predicted molar refractivity (Wildman–Crippen MR) is 117 cm³/mol. The van der Waals surface area contributed by atoms with Crippen molar-refractivity contribution >= 4 is 45.9 Å². The Morgan fingerprint density at radius 3 is 2.48 bits per heavy atom. The molecule has 0 atom stereocenters. The molecule has 1 N–H and O–H groups in total. The zero-order valence-corrected chi connectivity index (χ0v) is 17.9. The van der Waals surface area contributed by atoms with Crippen molar-refractivity contribution in [2.45, 2.75) is 12.1 Å². The zero-order valence-electron chi connectivity index (χ0n) is 14.9. The number of benzene rings is 2. The number of thioether (sulfide) groups is 1. The minimum absolute atomic E-state index is 0.0858. The summed E-state index contributed by atoms with van der Waals surface area (Å²) in [7, 11) is 1.64. The van der Waals surface area contributed by atoms with Gasteiger partial charge in [0, 0.05) is 20.5 Å². The topological polar surface area (TPSA) is 64.1 Å². The summed E-state index contributed by atoms with van der Waals surface area (Å²) in [4.78, 5) is 21.2. The number of ether oxygens (including phenoxy) is 1. The van der Waals surface area contributed by atoms with Gasteiger partial charge in [0.25, 0.3) is 0 Å². The maximum absolute atomic E-state index is 12.2. The van der Waals surface area contributed by atoms with E-state index in [1.165, 1.54) is 11.8 Å². The highest BCUT2D eigenvalue weighted by molar-refractivity contribution is 14.1. The van der Waals surface area contributed by atoms with Crippen molar-refractivity contribution in [3.05, 3.63) is 63.9 Å². The van der Waals surface area contributed by atoms with Gasteiger partial charge in [-0.3, -0.25) is 4.79 Å². The van der Waals surface area contributed by atoms with Crippen LogP contribution in [0.4, 0.5) is 5.69 Å². The summed E-state index contributed by atoms with van der Waals surface area (Å²) in [5, 5.41) is 3.46. The van der Waals surface area contributed by atoms with Crippen LogP contribution in [-0.4, -0.2) is 28.7 Å². The first kappa shape index (κ1) is 19.6. The third-order valence-electron chi connectivity index (χ3n) is 3.68. The molecular weight excluding hydrogens is 473 g/mol. The monoisotopic (exact) mass is 491 g/mol. The highest BCUT2D eigenvalue weighted by atomic mass is 127. The SMILES string of the molecule is COc1ccc(-c2cc(C)nc(SCC(=O)Nc3ccc(I)cc3)n2)cc1. The lowest BCUT2D eigenvalue weighted by molar-refractivity contribution is -0.113. The number of nitrogens with zero attached hydrogens (tertiary/aromatic N) is 2. The number of halogens is 1. The van der Waals surface area contributed by atoms with E-state index in [1.807, 2.05) is 61.5 Å². The molecule has 3 aromatic rings. The fourth-order valence-corrected chi connectivity index (χ4v) is 3.44. The quantitative estimate of drug-likeness (QED) is 0.305. The van der Waals surface area contributed by atoms with Crippen LogP contribution in [-0.2, 0) is 4.79 Å². The van der Waals surface area contributed by atoms with Crippen LogP contribution in [0.5, 0.6) is 5.75 Å². The van der Waals surface area contributed by atoms with Gasteiger partial charge in [0.15, 0.2) is 5.16 Å². The molecule has 0 spiro atoms. The normalized spacial score (nSPS) is 10.5. The fraction of sp³-hybridized carbons (Fsp3) is 0.150. The van der Waals surface area contributed by atoms with Gasteiger partial charge >= 0.3 is 0 Å². The average Bonchev–Trinajstić information content (AvgIpc) is 2.68. The number of carbonyl (C=O) groups is 1. The van der Waals surface area contributed by atoms with Gasteiger partial charge in [-0.25, -0.2) is 9.97 Å². The number of methoxy groups -OCH3 is 1.